The van der Waals surface area contributed by atoms with Gasteiger partial charge in [0.2, 0.25) is 17.6 Å². The van der Waals surface area contributed by atoms with Gasteiger partial charge in [-0.25, -0.2) is 4.90 Å². The van der Waals surface area contributed by atoms with E-state index < -0.39 is 17.1 Å². The number of hydrogen-bond donors (Lipinski definition) is 2. The fourth-order valence-corrected chi connectivity index (χ4v) is 6.28. The van der Waals surface area contributed by atoms with Gasteiger partial charge < -0.3 is 24.8 Å². The van der Waals surface area contributed by atoms with Crippen molar-refractivity contribution in [3.8, 4) is 17.2 Å². The number of benzene rings is 4. The molecule has 0 spiro atoms. The predicted molar refractivity (Wildman–Crippen MR) is 184 cm³/mol. The fourth-order valence-electron chi connectivity index (χ4n) is 4.90. The number of imide groups is 1. The summed E-state index contributed by atoms with van der Waals surface area (Å²) >= 11 is 4.61. The van der Waals surface area contributed by atoms with Gasteiger partial charge in [-0.15, -0.1) is 11.8 Å². The Morgan fingerprint density at radius 3 is 2.28 bits per heavy atom. The van der Waals surface area contributed by atoms with Crippen molar-refractivity contribution in [2.24, 2.45) is 0 Å². The number of carbonyl (C=O) groups excluding carboxylic acids is 4. The first-order valence-electron chi connectivity index (χ1n) is 14.3. The summed E-state index contributed by atoms with van der Waals surface area (Å²) in [7, 11) is 4.43. The molecule has 0 radical (unpaired) electrons. The summed E-state index contributed by atoms with van der Waals surface area (Å²) in [6, 6.07) is 25.7. The van der Waals surface area contributed by atoms with Crippen molar-refractivity contribution in [3.63, 3.8) is 0 Å². The number of carbonyl (C=O) groups is 4. The average molecular weight is 717 g/mol. The second-order valence-corrected chi connectivity index (χ2v) is 12.3. The Morgan fingerprint density at radius 2 is 1.60 bits per heavy atom. The Morgan fingerprint density at radius 1 is 0.872 bits per heavy atom. The van der Waals surface area contributed by atoms with E-state index in [1.807, 2.05) is 0 Å². The van der Waals surface area contributed by atoms with Crippen LogP contribution in [0, 0.1) is 0 Å². The lowest BCUT2D eigenvalue weighted by Crippen LogP contribution is -2.31. The minimum Gasteiger partial charge on any atom is -0.493 e. The number of ether oxygens (including phenoxy) is 3. The summed E-state index contributed by atoms with van der Waals surface area (Å²) in [5, 5.41) is 4.92. The van der Waals surface area contributed by atoms with Gasteiger partial charge in [0.05, 0.1) is 32.3 Å². The van der Waals surface area contributed by atoms with E-state index in [0.29, 0.717) is 44.6 Å². The van der Waals surface area contributed by atoms with Crippen molar-refractivity contribution in [2.45, 2.75) is 16.6 Å². The van der Waals surface area contributed by atoms with Crippen LogP contribution < -0.4 is 29.7 Å². The van der Waals surface area contributed by atoms with E-state index in [4.69, 9.17) is 14.2 Å². The van der Waals surface area contributed by atoms with Crippen LogP contribution in [-0.2, 0) is 14.4 Å². The van der Waals surface area contributed by atoms with Crippen molar-refractivity contribution in [2.75, 3.05) is 31.5 Å². The molecule has 0 aromatic heterocycles. The van der Waals surface area contributed by atoms with Gasteiger partial charge in [0.25, 0.3) is 11.8 Å². The van der Waals surface area contributed by atoms with Crippen LogP contribution in [-0.4, -0.2) is 50.2 Å². The number of halogens is 1. The number of rotatable bonds is 11. The van der Waals surface area contributed by atoms with Crippen molar-refractivity contribution >= 4 is 68.8 Å². The summed E-state index contributed by atoms with van der Waals surface area (Å²) < 4.78 is 17.3. The highest BCUT2D eigenvalue weighted by molar-refractivity contribution is 9.10. The lowest BCUT2D eigenvalue weighted by Gasteiger charge is -2.16. The molecule has 12 heteroatoms. The van der Waals surface area contributed by atoms with Crippen molar-refractivity contribution in [3.05, 3.63) is 112 Å². The lowest BCUT2D eigenvalue weighted by molar-refractivity contribution is -0.121. The molecule has 10 nitrogen and oxygen atoms in total. The number of nitrogens with zero attached hydrogens (tertiary/aromatic N) is 1. The molecule has 4 amide bonds. The highest BCUT2D eigenvalue weighted by Crippen LogP contribution is 2.41. The third-order valence-corrected chi connectivity index (χ3v) is 8.83. The van der Waals surface area contributed by atoms with Gasteiger partial charge in [0, 0.05) is 32.6 Å². The van der Waals surface area contributed by atoms with Gasteiger partial charge in [-0.05, 0) is 72.8 Å². The number of anilines is 2. The first kappa shape index (κ1) is 33.3. The fraction of sp³-hybridized carbons (Fsp3) is 0.143. The zero-order chi connectivity index (χ0) is 33.5. The highest BCUT2D eigenvalue weighted by Gasteiger charge is 2.40. The summed E-state index contributed by atoms with van der Waals surface area (Å²) in [6.45, 7) is 0. The van der Waals surface area contributed by atoms with Crippen molar-refractivity contribution < 1.29 is 33.4 Å². The van der Waals surface area contributed by atoms with Crippen LogP contribution in [0.3, 0.4) is 0 Å². The number of amides is 4. The Labute approximate surface area is 284 Å². The zero-order valence-electron chi connectivity index (χ0n) is 25.6. The maximum Gasteiger partial charge on any atom is 0.272 e. The minimum atomic E-state index is -0.629. The van der Waals surface area contributed by atoms with Gasteiger partial charge in [-0.1, -0.05) is 40.2 Å². The largest absolute Gasteiger partial charge is 0.493 e. The monoisotopic (exact) mass is 715 g/mol. The Bertz CT molecular complexity index is 1850. The third kappa shape index (κ3) is 7.67. The Kier molecular flexibility index (Phi) is 10.6. The molecule has 1 aliphatic rings. The molecule has 1 atom stereocenters. The van der Waals surface area contributed by atoms with Crippen molar-refractivity contribution in [1.29, 1.82) is 0 Å². The van der Waals surface area contributed by atoms with E-state index in [9.17, 15) is 19.2 Å². The molecule has 1 fully saturated rings. The number of thioether (sulfide) groups is 1. The van der Waals surface area contributed by atoms with Crippen LogP contribution in [0.15, 0.2) is 106 Å². The molecule has 0 aliphatic carbocycles. The van der Waals surface area contributed by atoms with E-state index in [1.165, 1.54) is 44.1 Å². The molecule has 240 valence electrons. The average Bonchev–Trinajstić information content (AvgIpc) is 3.36. The van der Waals surface area contributed by atoms with Gasteiger partial charge in [-0.3, -0.25) is 19.2 Å². The molecule has 47 heavy (non-hydrogen) atoms. The number of nitrogens with one attached hydrogen (secondary N) is 2. The van der Waals surface area contributed by atoms with Gasteiger partial charge in [0.15, 0.2) is 11.5 Å². The van der Waals surface area contributed by atoms with Crippen LogP contribution in [0.25, 0.3) is 6.08 Å². The summed E-state index contributed by atoms with van der Waals surface area (Å²) in [4.78, 5) is 54.8. The Hall–Kier alpha value is -5.07. The maximum atomic E-state index is 13.7. The summed E-state index contributed by atoms with van der Waals surface area (Å²) in [5.74, 6) is -0.642. The van der Waals surface area contributed by atoms with Gasteiger partial charge >= 0.3 is 0 Å². The van der Waals surface area contributed by atoms with E-state index in [-0.39, 0.29) is 23.9 Å². The maximum absolute atomic E-state index is 13.7. The molecule has 4 aromatic carbocycles. The molecule has 5 rings (SSSR count). The Balaban J connectivity index is 1.39. The topological polar surface area (TPSA) is 123 Å². The van der Waals surface area contributed by atoms with E-state index >= 15 is 0 Å². The van der Waals surface area contributed by atoms with Crippen LogP contribution in [0.2, 0.25) is 0 Å². The minimum absolute atomic E-state index is 0.0434. The quantitative estimate of drug-likeness (QED) is 0.137. The molecular formula is C35H30BrN3O7S. The first-order valence-corrected chi connectivity index (χ1v) is 16.0. The third-order valence-electron chi connectivity index (χ3n) is 7.12. The molecule has 0 saturated carbocycles. The molecule has 1 unspecified atom stereocenters. The molecule has 1 aliphatic heterocycles. The number of methoxy groups -OCH3 is 3. The molecule has 4 aromatic rings. The molecule has 1 saturated heterocycles. The van der Waals surface area contributed by atoms with Crippen LogP contribution in [0.1, 0.15) is 22.3 Å². The van der Waals surface area contributed by atoms with Gasteiger partial charge in [0.1, 0.15) is 5.70 Å². The standard InChI is InChI=1S/C35H30BrN3O7S/c1-44-28-17-12-22(31(45-2)32(28)46-3)18-27(38-33(41)21-8-5-4-6-9-21)34(42)37-24-10-7-11-26(19-24)47-29-20-30(40)39(35(29)43)25-15-13-23(36)14-16-25/h4-19,29H,20H2,1-3H3,(H,37,42)(H,38,41). The smallest absolute Gasteiger partial charge is 0.272 e. The first-order chi connectivity index (χ1) is 22.7. The number of hydrogen-bond acceptors (Lipinski definition) is 8. The second kappa shape index (κ2) is 15.0. The highest BCUT2D eigenvalue weighted by atomic mass is 79.9. The van der Waals surface area contributed by atoms with E-state index in [2.05, 4.69) is 26.6 Å². The molecule has 2 N–H and O–H groups in total. The molecule has 1 heterocycles. The second-order valence-electron chi connectivity index (χ2n) is 10.1. The summed E-state index contributed by atoms with van der Waals surface area (Å²) in [6.07, 6.45) is 1.52. The molecule has 0 bridgehead atoms. The van der Waals surface area contributed by atoms with Crippen LogP contribution in [0.5, 0.6) is 17.2 Å². The zero-order valence-corrected chi connectivity index (χ0v) is 28.0. The van der Waals surface area contributed by atoms with Crippen molar-refractivity contribution in [1.82, 2.24) is 5.32 Å². The van der Waals surface area contributed by atoms with Crippen LogP contribution in [0.4, 0.5) is 11.4 Å². The van der Waals surface area contributed by atoms with E-state index in [1.54, 1.807) is 91.0 Å². The van der Waals surface area contributed by atoms with E-state index in [0.717, 1.165) is 4.47 Å². The van der Waals surface area contributed by atoms with Crippen LogP contribution >= 0.6 is 27.7 Å². The SMILES string of the molecule is COc1ccc(C=C(NC(=O)c2ccccc2)C(=O)Nc2cccc(SC3CC(=O)N(c4ccc(Br)cc4)C3=O)c2)c(OC)c1OC. The lowest BCUT2D eigenvalue weighted by atomic mass is 10.1. The molecular weight excluding hydrogens is 686 g/mol. The predicted octanol–water partition coefficient (Wildman–Crippen LogP) is 6.31. The normalized spacial score (nSPS) is 14.5. The van der Waals surface area contributed by atoms with Gasteiger partial charge in [-0.2, -0.15) is 0 Å². The summed E-state index contributed by atoms with van der Waals surface area (Å²) in [5.41, 5.74) is 1.67.